The van der Waals surface area contributed by atoms with Crippen LogP contribution in [0.5, 0.6) is 0 Å². The highest BCUT2D eigenvalue weighted by Crippen LogP contribution is 2.26. The number of rotatable bonds is 2. The van der Waals surface area contributed by atoms with Gasteiger partial charge in [-0.1, -0.05) is 30.8 Å². The van der Waals surface area contributed by atoms with Gasteiger partial charge in [0.25, 0.3) is 10.0 Å². The van der Waals surface area contributed by atoms with Gasteiger partial charge in [-0.3, -0.25) is 0 Å². The molecule has 0 spiro atoms. The maximum Gasteiger partial charge on any atom is 0.284 e. The zero-order valence-electron chi connectivity index (χ0n) is 6.12. The molecule has 0 aromatic heterocycles. The summed E-state index contributed by atoms with van der Waals surface area (Å²) in [6, 6.07) is 0. The molecule has 0 aromatic carbocycles. The van der Waals surface area contributed by atoms with E-state index in [9.17, 15) is 8.42 Å². The van der Waals surface area contributed by atoms with Crippen molar-refractivity contribution in [3.05, 3.63) is 35.8 Å². The first-order chi connectivity index (χ1) is 5.53. The SMILES string of the molecule is C=CC1=C(C=C)S(=O)(=O)N=C1Cl. The summed E-state index contributed by atoms with van der Waals surface area (Å²) < 4.78 is 25.5. The van der Waals surface area contributed by atoms with Crippen LogP contribution in [0.3, 0.4) is 0 Å². The largest absolute Gasteiger partial charge is 0.284 e. The summed E-state index contributed by atoms with van der Waals surface area (Å²) in [5, 5.41) is -0.0556. The Morgan fingerprint density at radius 2 is 1.92 bits per heavy atom. The molecule has 1 aliphatic heterocycles. The standard InChI is InChI=1S/C7H6ClNO2S/c1-3-5-6(4-2)12(10,11)9-7(5)8/h3-4H,1-2H2. The van der Waals surface area contributed by atoms with Crippen molar-refractivity contribution in [3.63, 3.8) is 0 Å². The first-order valence-electron chi connectivity index (χ1n) is 3.03. The van der Waals surface area contributed by atoms with Gasteiger partial charge in [0.1, 0.15) is 0 Å². The van der Waals surface area contributed by atoms with Crippen LogP contribution in [0.1, 0.15) is 0 Å². The van der Waals surface area contributed by atoms with E-state index in [0.717, 1.165) is 0 Å². The van der Waals surface area contributed by atoms with Crippen molar-refractivity contribution in [2.24, 2.45) is 4.40 Å². The highest BCUT2D eigenvalue weighted by atomic mass is 35.5. The second-order valence-electron chi connectivity index (χ2n) is 2.04. The lowest BCUT2D eigenvalue weighted by molar-refractivity contribution is 0.605. The summed E-state index contributed by atoms with van der Waals surface area (Å²) in [7, 11) is -3.60. The molecule has 5 heteroatoms. The van der Waals surface area contributed by atoms with Gasteiger partial charge in [-0.25, -0.2) is 0 Å². The minimum absolute atomic E-state index is 0.0162. The van der Waals surface area contributed by atoms with E-state index in [-0.39, 0.29) is 10.1 Å². The average molecular weight is 204 g/mol. The Balaban J connectivity index is 3.50. The minimum atomic E-state index is -3.60. The third-order valence-electron chi connectivity index (χ3n) is 1.36. The summed E-state index contributed by atoms with van der Waals surface area (Å²) in [5.41, 5.74) is 0.312. The zero-order chi connectivity index (χ0) is 9.35. The minimum Gasteiger partial charge on any atom is -0.199 e. The summed E-state index contributed by atoms with van der Waals surface area (Å²) in [6.07, 6.45) is 2.54. The Kier molecular flexibility index (Phi) is 2.21. The Bertz CT molecular complexity index is 403. The van der Waals surface area contributed by atoms with Gasteiger partial charge in [0.2, 0.25) is 0 Å². The smallest absolute Gasteiger partial charge is 0.199 e. The number of halogens is 1. The first kappa shape index (κ1) is 9.22. The molecular weight excluding hydrogens is 198 g/mol. The molecule has 0 unspecified atom stereocenters. The van der Waals surface area contributed by atoms with Crippen LogP contribution in [-0.2, 0) is 10.0 Å². The highest BCUT2D eigenvalue weighted by Gasteiger charge is 2.26. The Labute approximate surface area is 75.8 Å². The van der Waals surface area contributed by atoms with Crippen LogP contribution in [0.4, 0.5) is 0 Å². The summed E-state index contributed by atoms with van der Waals surface area (Å²) in [6.45, 7) is 6.78. The molecule has 0 amide bonds. The third kappa shape index (κ3) is 1.23. The molecule has 64 valence electrons. The fourth-order valence-electron chi connectivity index (χ4n) is 0.845. The van der Waals surface area contributed by atoms with Crippen LogP contribution < -0.4 is 0 Å². The van der Waals surface area contributed by atoms with E-state index in [0.29, 0.717) is 5.57 Å². The fraction of sp³-hybridized carbons (Fsp3) is 0. The highest BCUT2D eigenvalue weighted by molar-refractivity contribution is 7.95. The Morgan fingerprint density at radius 3 is 2.25 bits per heavy atom. The lowest BCUT2D eigenvalue weighted by Gasteiger charge is -1.92. The van der Waals surface area contributed by atoms with E-state index >= 15 is 0 Å². The van der Waals surface area contributed by atoms with Crippen LogP contribution in [0.15, 0.2) is 40.2 Å². The molecule has 3 nitrogen and oxygen atoms in total. The van der Waals surface area contributed by atoms with Crippen LogP contribution in [-0.4, -0.2) is 13.6 Å². The average Bonchev–Trinajstić information content (AvgIpc) is 2.18. The topological polar surface area (TPSA) is 46.5 Å². The molecule has 0 saturated carbocycles. The predicted molar refractivity (Wildman–Crippen MR) is 49.6 cm³/mol. The number of allylic oxidation sites excluding steroid dienone is 3. The maximum atomic E-state index is 11.1. The third-order valence-corrected chi connectivity index (χ3v) is 3.11. The molecule has 1 rings (SSSR count). The maximum absolute atomic E-state index is 11.1. The van der Waals surface area contributed by atoms with E-state index in [1.54, 1.807) is 0 Å². The van der Waals surface area contributed by atoms with E-state index in [1.165, 1.54) is 12.2 Å². The van der Waals surface area contributed by atoms with Crippen LogP contribution in [0.2, 0.25) is 0 Å². The van der Waals surface area contributed by atoms with Gasteiger partial charge in [-0.15, -0.1) is 4.40 Å². The van der Waals surface area contributed by atoms with Crippen molar-refractivity contribution < 1.29 is 8.42 Å². The predicted octanol–water partition coefficient (Wildman–Crippen LogP) is 1.59. The number of hydrogen-bond donors (Lipinski definition) is 0. The molecule has 0 atom stereocenters. The van der Waals surface area contributed by atoms with E-state index < -0.39 is 10.0 Å². The molecule has 1 aliphatic rings. The van der Waals surface area contributed by atoms with E-state index in [1.807, 2.05) is 0 Å². The van der Waals surface area contributed by atoms with Gasteiger partial charge in [0, 0.05) is 5.57 Å². The van der Waals surface area contributed by atoms with Gasteiger partial charge in [0.05, 0.1) is 4.91 Å². The van der Waals surface area contributed by atoms with Crippen molar-refractivity contribution in [1.29, 1.82) is 0 Å². The molecule has 1 heterocycles. The second kappa shape index (κ2) is 2.88. The van der Waals surface area contributed by atoms with E-state index in [4.69, 9.17) is 11.6 Å². The van der Waals surface area contributed by atoms with Crippen molar-refractivity contribution in [2.45, 2.75) is 0 Å². The Morgan fingerprint density at radius 1 is 1.33 bits per heavy atom. The van der Waals surface area contributed by atoms with Crippen molar-refractivity contribution in [3.8, 4) is 0 Å². The number of nitrogens with zero attached hydrogens (tertiary/aromatic N) is 1. The molecule has 0 fully saturated rings. The molecule has 0 bridgehead atoms. The normalized spacial score (nSPS) is 20.6. The van der Waals surface area contributed by atoms with Gasteiger partial charge >= 0.3 is 0 Å². The summed E-state index contributed by atoms with van der Waals surface area (Å²) in [5.74, 6) is 0. The van der Waals surface area contributed by atoms with Gasteiger partial charge in [-0.2, -0.15) is 8.42 Å². The Hall–Kier alpha value is -0.870. The van der Waals surface area contributed by atoms with Gasteiger partial charge in [0.15, 0.2) is 5.17 Å². The summed E-state index contributed by atoms with van der Waals surface area (Å²) in [4.78, 5) is 0.0162. The zero-order valence-corrected chi connectivity index (χ0v) is 7.69. The lowest BCUT2D eigenvalue weighted by atomic mass is 10.2. The fourth-order valence-corrected chi connectivity index (χ4v) is 2.43. The molecule has 0 aliphatic carbocycles. The monoisotopic (exact) mass is 203 g/mol. The molecule has 0 aromatic rings. The number of hydrogen-bond acceptors (Lipinski definition) is 2. The molecule has 0 radical (unpaired) electrons. The van der Waals surface area contributed by atoms with Crippen LogP contribution >= 0.6 is 11.6 Å². The molecule has 0 saturated heterocycles. The van der Waals surface area contributed by atoms with Crippen LogP contribution in [0.25, 0.3) is 0 Å². The first-order valence-corrected chi connectivity index (χ1v) is 4.84. The molecule has 0 N–H and O–H groups in total. The van der Waals surface area contributed by atoms with Crippen LogP contribution in [0, 0.1) is 0 Å². The van der Waals surface area contributed by atoms with E-state index in [2.05, 4.69) is 17.6 Å². The molecule has 12 heavy (non-hydrogen) atoms. The number of sulfonamides is 1. The van der Waals surface area contributed by atoms with Gasteiger partial charge < -0.3 is 0 Å². The quantitative estimate of drug-likeness (QED) is 0.684. The van der Waals surface area contributed by atoms with Crippen molar-refractivity contribution >= 4 is 26.8 Å². The second-order valence-corrected chi connectivity index (χ2v) is 3.97. The lowest BCUT2D eigenvalue weighted by Crippen LogP contribution is -1.93. The van der Waals surface area contributed by atoms with Crippen molar-refractivity contribution in [2.75, 3.05) is 0 Å². The molecular formula is C7H6ClNO2S. The van der Waals surface area contributed by atoms with Gasteiger partial charge in [-0.05, 0) is 6.08 Å². The summed E-state index contributed by atoms with van der Waals surface area (Å²) >= 11 is 5.53. The van der Waals surface area contributed by atoms with Crippen molar-refractivity contribution in [1.82, 2.24) is 0 Å².